The summed E-state index contributed by atoms with van der Waals surface area (Å²) < 4.78 is 16.8. The highest BCUT2D eigenvalue weighted by Gasteiger charge is 2.19. The number of rotatable bonds is 48. The molecular formula is C56H100O6. The first-order chi connectivity index (χ1) is 30.5. The quantitative estimate of drug-likeness (QED) is 0.0262. The van der Waals surface area contributed by atoms with Crippen LogP contribution in [0.15, 0.2) is 48.6 Å². The standard InChI is InChI=1S/C56H100O6/c1-4-7-10-13-16-19-22-25-28-31-34-37-40-43-46-49-55(58)61-52-53(51-60-54(57)48-45-42-39-36-33-30-27-24-21-18-15-12-9-6-3)62-56(59)50-47-44-41-38-35-32-29-26-23-20-17-14-11-8-5-2/h16-17,19-20,25-26,28-29,53H,4-15,18,21-24,27,30-52H2,1-3H3/b19-16+,20-17+,28-25+,29-26+/t53-/m1/s1. The number of carbonyl (C=O) groups is 3. The average molecular weight is 869 g/mol. The Bertz CT molecular complexity index is 1090. The second kappa shape index (κ2) is 51.0. The van der Waals surface area contributed by atoms with Crippen molar-refractivity contribution in [3.05, 3.63) is 48.6 Å². The van der Waals surface area contributed by atoms with Crippen LogP contribution in [0.4, 0.5) is 0 Å². The fourth-order valence-corrected chi connectivity index (χ4v) is 7.50. The van der Waals surface area contributed by atoms with Gasteiger partial charge in [0.05, 0.1) is 0 Å². The second-order valence-corrected chi connectivity index (χ2v) is 17.8. The van der Waals surface area contributed by atoms with Crippen molar-refractivity contribution in [3.63, 3.8) is 0 Å². The zero-order valence-corrected chi connectivity index (χ0v) is 41.1. The molecule has 0 aromatic rings. The molecule has 6 heteroatoms. The number of esters is 3. The Morgan fingerprint density at radius 2 is 0.581 bits per heavy atom. The van der Waals surface area contributed by atoms with Gasteiger partial charge in [-0.3, -0.25) is 14.4 Å². The third-order valence-corrected chi connectivity index (χ3v) is 11.6. The number of carbonyl (C=O) groups excluding carboxylic acids is 3. The zero-order valence-electron chi connectivity index (χ0n) is 41.1. The molecule has 0 heterocycles. The summed E-state index contributed by atoms with van der Waals surface area (Å²) in [7, 11) is 0. The molecule has 0 saturated heterocycles. The van der Waals surface area contributed by atoms with E-state index in [1.807, 2.05) is 0 Å². The van der Waals surface area contributed by atoms with Gasteiger partial charge >= 0.3 is 17.9 Å². The van der Waals surface area contributed by atoms with Gasteiger partial charge in [0.15, 0.2) is 6.10 Å². The van der Waals surface area contributed by atoms with E-state index in [9.17, 15) is 14.4 Å². The summed E-state index contributed by atoms with van der Waals surface area (Å²) in [4.78, 5) is 38.0. The molecule has 0 aliphatic heterocycles. The first-order valence-electron chi connectivity index (χ1n) is 26.6. The van der Waals surface area contributed by atoms with Crippen LogP contribution < -0.4 is 0 Å². The lowest BCUT2D eigenvalue weighted by Crippen LogP contribution is -2.30. The van der Waals surface area contributed by atoms with Gasteiger partial charge in [0.1, 0.15) is 13.2 Å². The molecule has 0 spiro atoms. The molecule has 0 rings (SSSR count). The molecule has 0 amide bonds. The average Bonchev–Trinajstić information content (AvgIpc) is 3.27. The molecular weight excluding hydrogens is 769 g/mol. The van der Waals surface area contributed by atoms with Crippen LogP contribution in [-0.2, 0) is 28.6 Å². The number of unbranched alkanes of at least 4 members (excludes halogenated alkanes) is 29. The van der Waals surface area contributed by atoms with Gasteiger partial charge in [-0.2, -0.15) is 0 Å². The Balaban J connectivity index is 4.41. The van der Waals surface area contributed by atoms with Crippen molar-refractivity contribution in [2.75, 3.05) is 13.2 Å². The van der Waals surface area contributed by atoms with Crippen LogP contribution in [0.3, 0.4) is 0 Å². The lowest BCUT2D eigenvalue weighted by Gasteiger charge is -2.18. The van der Waals surface area contributed by atoms with Crippen molar-refractivity contribution in [3.8, 4) is 0 Å². The highest BCUT2D eigenvalue weighted by molar-refractivity contribution is 5.71. The molecule has 0 saturated carbocycles. The van der Waals surface area contributed by atoms with E-state index < -0.39 is 6.10 Å². The summed E-state index contributed by atoms with van der Waals surface area (Å²) in [5, 5.41) is 0. The summed E-state index contributed by atoms with van der Waals surface area (Å²) in [5.74, 6) is -0.900. The molecule has 0 N–H and O–H groups in total. The Morgan fingerprint density at radius 1 is 0.323 bits per heavy atom. The monoisotopic (exact) mass is 869 g/mol. The Hall–Kier alpha value is -2.63. The predicted molar refractivity (Wildman–Crippen MR) is 265 cm³/mol. The van der Waals surface area contributed by atoms with Crippen LogP contribution in [0.1, 0.15) is 271 Å². The fraction of sp³-hybridized carbons (Fsp3) is 0.804. The minimum Gasteiger partial charge on any atom is -0.462 e. The van der Waals surface area contributed by atoms with Crippen LogP contribution in [0.5, 0.6) is 0 Å². The van der Waals surface area contributed by atoms with Crippen molar-refractivity contribution >= 4 is 17.9 Å². The van der Waals surface area contributed by atoms with Crippen molar-refractivity contribution in [1.29, 1.82) is 0 Å². The number of allylic oxidation sites excluding steroid dienone is 8. The van der Waals surface area contributed by atoms with Gasteiger partial charge in [-0.1, -0.05) is 217 Å². The maximum absolute atomic E-state index is 12.8. The van der Waals surface area contributed by atoms with Gasteiger partial charge < -0.3 is 14.2 Å². The van der Waals surface area contributed by atoms with E-state index in [0.29, 0.717) is 19.3 Å². The first-order valence-corrected chi connectivity index (χ1v) is 26.6. The second-order valence-electron chi connectivity index (χ2n) is 17.8. The van der Waals surface area contributed by atoms with Crippen LogP contribution >= 0.6 is 0 Å². The molecule has 0 aliphatic rings. The summed E-state index contributed by atoms with van der Waals surface area (Å²) in [5.41, 5.74) is 0. The molecule has 360 valence electrons. The molecule has 0 aliphatic carbocycles. The summed E-state index contributed by atoms with van der Waals surface area (Å²) in [6.07, 6.45) is 60.8. The predicted octanol–water partition coefficient (Wildman–Crippen LogP) is 17.5. The number of ether oxygens (including phenoxy) is 3. The van der Waals surface area contributed by atoms with Gasteiger partial charge in [0.2, 0.25) is 0 Å². The summed E-state index contributed by atoms with van der Waals surface area (Å²) in [6, 6.07) is 0. The molecule has 0 radical (unpaired) electrons. The summed E-state index contributed by atoms with van der Waals surface area (Å²) >= 11 is 0. The lowest BCUT2D eigenvalue weighted by molar-refractivity contribution is -0.167. The van der Waals surface area contributed by atoms with Gasteiger partial charge in [-0.05, 0) is 83.5 Å². The highest BCUT2D eigenvalue weighted by atomic mass is 16.6. The third-order valence-electron chi connectivity index (χ3n) is 11.6. The van der Waals surface area contributed by atoms with E-state index >= 15 is 0 Å². The Kier molecular flexibility index (Phi) is 48.8. The van der Waals surface area contributed by atoms with E-state index in [1.54, 1.807) is 0 Å². The largest absolute Gasteiger partial charge is 0.462 e. The smallest absolute Gasteiger partial charge is 0.306 e. The van der Waals surface area contributed by atoms with Crippen LogP contribution in [0.2, 0.25) is 0 Å². The highest BCUT2D eigenvalue weighted by Crippen LogP contribution is 2.15. The van der Waals surface area contributed by atoms with E-state index in [1.165, 1.54) is 128 Å². The van der Waals surface area contributed by atoms with Gasteiger partial charge in [-0.15, -0.1) is 0 Å². The molecule has 0 bridgehead atoms. The van der Waals surface area contributed by atoms with Crippen molar-refractivity contribution in [1.82, 2.24) is 0 Å². The van der Waals surface area contributed by atoms with Crippen LogP contribution in [0.25, 0.3) is 0 Å². The molecule has 6 nitrogen and oxygen atoms in total. The van der Waals surface area contributed by atoms with Gasteiger partial charge in [-0.25, -0.2) is 0 Å². The number of hydrogen-bond donors (Lipinski definition) is 0. The molecule has 0 unspecified atom stereocenters. The zero-order chi connectivity index (χ0) is 45.1. The maximum atomic E-state index is 12.8. The Labute approximate surface area is 384 Å². The lowest BCUT2D eigenvalue weighted by atomic mass is 10.0. The molecule has 0 fully saturated rings. The molecule has 0 aromatic heterocycles. The Morgan fingerprint density at radius 3 is 0.919 bits per heavy atom. The van der Waals surface area contributed by atoms with E-state index in [0.717, 1.165) is 103 Å². The van der Waals surface area contributed by atoms with Crippen molar-refractivity contribution in [2.24, 2.45) is 0 Å². The topological polar surface area (TPSA) is 78.9 Å². The molecule has 62 heavy (non-hydrogen) atoms. The van der Waals surface area contributed by atoms with Crippen molar-refractivity contribution < 1.29 is 28.6 Å². The minimum atomic E-state index is -0.783. The third kappa shape index (κ3) is 48.4. The van der Waals surface area contributed by atoms with E-state index in [-0.39, 0.29) is 31.1 Å². The van der Waals surface area contributed by atoms with E-state index in [2.05, 4.69) is 69.4 Å². The van der Waals surface area contributed by atoms with Crippen LogP contribution in [0, 0.1) is 0 Å². The molecule has 0 aromatic carbocycles. The molecule has 1 atom stereocenters. The van der Waals surface area contributed by atoms with Gasteiger partial charge in [0.25, 0.3) is 0 Å². The normalized spacial score (nSPS) is 12.4. The first kappa shape index (κ1) is 59.4. The van der Waals surface area contributed by atoms with Gasteiger partial charge in [0, 0.05) is 19.3 Å². The fourth-order valence-electron chi connectivity index (χ4n) is 7.50. The van der Waals surface area contributed by atoms with E-state index in [4.69, 9.17) is 14.2 Å². The SMILES string of the molecule is CCCCC/C=C/C/C=C/CCCCCCCC(=O)OC[C@@H](COC(=O)CCCCCCCCCCCCCCCC)OC(=O)CCCCCCC/C=C/C/C=C/CCCCC. The van der Waals surface area contributed by atoms with Crippen LogP contribution in [-0.4, -0.2) is 37.2 Å². The number of hydrogen-bond acceptors (Lipinski definition) is 6. The summed E-state index contributed by atoms with van der Waals surface area (Å²) in [6.45, 7) is 6.58. The minimum absolute atomic E-state index is 0.0810. The maximum Gasteiger partial charge on any atom is 0.306 e. The van der Waals surface area contributed by atoms with Crippen molar-refractivity contribution in [2.45, 2.75) is 277 Å².